The van der Waals surface area contributed by atoms with Gasteiger partial charge in [0, 0.05) is 36.2 Å². The van der Waals surface area contributed by atoms with E-state index in [1.165, 1.54) is 0 Å². The fourth-order valence-electron chi connectivity index (χ4n) is 3.19. The molecule has 0 aromatic carbocycles. The Balaban J connectivity index is 1.84. The van der Waals surface area contributed by atoms with Crippen LogP contribution in [0.1, 0.15) is 6.42 Å². The van der Waals surface area contributed by atoms with E-state index in [0.717, 1.165) is 29.6 Å². The summed E-state index contributed by atoms with van der Waals surface area (Å²) in [5.41, 5.74) is 2.20. The number of halogens is 2. The number of H-pyrrole nitrogens is 1. The normalized spacial score (nSPS) is 13.6. The van der Waals surface area contributed by atoms with E-state index < -0.39 is 11.6 Å². The topological polar surface area (TPSA) is 81.5 Å². The van der Waals surface area contributed by atoms with E-state index in [1.807, 2.05) is 0 Å². The molecule has 0 aliphatic carbocycles. The first-order chi connectivity index (χ1) is 12.7. The van der Waals surface area contributed by atoms with E-state index in [4.69, 9.17) is 4.74 Å². The van der Waals surface area contributed by atoms with Crippen LogP contribution in [0.15, 0.2) is 30.7 Å². The molecule has 0 bridgehead atoms. The van der Waals surface area contributed by atoms with Gasteiger partial charge in [0.2, 0.25) is 5.88 Å². The Morgan fingerprint density at radius 2 is 2.08 bits per heavy atom. The average molecular weight is 354 g/mol. The molecule has 5 rings (SSSR count). The third-order valence-electron chi connectivity index (χ3n) is 4.31. The number of hydrogen-bond donors (Lipinski definition) is 1. The lowest BCUT2D eigenvalue weighted by atomic mass is 10.0. The van der Waals surface area contributed by atoms with Crippen molar-refractivity contribution in [3.63, 3.8) is 0 Å². The minimum Gasteiger partial charge on any atom is -0.477 e. The molecule has 0 spiro atoms. The number of aryl methyl sites for hydroxylation is 1. The first kappa shape index (κ1) is 14.9. The Morgan fingerprint density at radius 1 is 1.15 bits per heavy atom. The van der Waals surface area contributed by atoms with Gasteiger partial charge in [-0.15, -0.1) is 0 Å². The Morgan fingerprint density at radius 3 is 2.96 bits per heavy atom. The summed E-state index contributed by atoms with van der Waals surface area (Å²) in [4.78, 5) is 8.15. The summed E-state index contributed by atoms with van der Waals surface area (Å²) >= 11 is 0. The van der Waals surface area contributed by atoms with Gasteiger partial charge in [0.15, 0.2) is 11.5 Å². The molecule has 1 aliphatic heterocycles. The molecule has 9 heteroatoms. The van der Waals surface area contributed by atoms with Crippen molar-refractivity contribution in [3.05, 3.63) is 42.4 Å². The third-order valence-corrected chi connectivity index (χ3v) is 4.31. The van der Waals surface area contributed by atoms with Crippen LogP contribution in [0.25, 0.3) is 33.5 Å². The smallest absolute Gasteiger partial charge is 0.220 e. The van der Waals surface area contributed by atoms with Gasteiger partial charge in [-0.2, -0.15) is 10.2 Å². The summed E-state index contributed by atoms with van der Waals surface area (Å²) in [5.74, 6) is -0.987. The lowest BCUT2D eigenvalue weighted by Gasteiger charge is -2.16. The van der Waals surface area contributed by atoms with Crippen LogP contribution in [0.5, 0.6) is 5.88 Å². The highest BCUT2D eigenvalue weighted by molar-refractivity contribution is 5.98. The third kappa shape index (κ3) is 2.17. The van der Waals surface area contributed by atoms with Crippen molar-refractivity contribution in [2.45, 2.75) is 13.0 Å². The van der Waals surface area contributed by atoms with Crippen molar-refractivity contribution in [3.8, 4) is 28.4 Å². The molecule has 5 heterocycles. The summed E-state index contributed by atoms with van der Waals surface area (Å²) < 4.78 is 35.2. The number of nitrogens with zero attached hydrogens (tertiary/aromatic N) is 5. The molecular weight excluding hydrogens is 342 g/mol. The molecule has 0 atom stereocenters. The standard InChI is InChI=1S/C17H12F2N6O/c18-9-6-12(19)14(21-7-9)15-13(17-25(24-15)4-1-5-26-17)10-2-3-20-16-11(10)8-22-23-16/h2-3,6-8H,1,4-5H2,(H,20,22,23). The number of pyridine rings is 2. The summed E-state index contributed by atoms with van der Waals surface area (Å²) in [7, 11) is 0. The highest BCUT2D eigenvalue weighted by Crippen LogP contribution is 2.42. The molecule has 1 aliphatic rings. The number of aromatic nitrogens is 6. The Hall–Kier alpha value is -3.36. The largest absolute Gasteiger partial charge is 0.477 e. The highest BCUT2D eigenvalue weighted by atomic mass is 19.1. The van der Waals surface area contributed by atoms with E-state index in [1.54, 1.807) is 23.1 Å². The Bertz CT molecular complexity index is 1140. The lowest BCUT2D eigenvalue weighted by molar-refractivity contribution is 0.231. The molecule has 4 aromatic heterocycles. The number of nitrogens with one attached hydrogen (secondary N) is 1. The Kier molecular flexibility index (Phi) is 3.21. The molecular formula is C17H12F2N6O. The van der Waals surface area contributed by atoms with Gasteiger partial charge in [-0.05, 0) is 6.07 Å². The number of rotatable bonds is 2. The molecule has 0 radical (unpaired) electrons. The second kappa shape index (κ2) is 5.58. The van der Waals surface area contributed by atoms with Crippen LogP contribution in [-0.2, 0) is 6.54 Å². The monoisotopic (exact) mass is 354 g/mol. The maximum atomic E-state index is 14.4. The van der Waals surface area contributed by atoms with Crippen LogP contribution in [0.3, 0.4) is 0 Å². The first-order valence-electron chi connectivity index (χ1n) is 8.06. The molecule has 4 aromatic rings. The van der Waals surface area contributed by atoms with E-state index in [-0.39, 0.29) is 5.69 Å². The summed E-state index contributed by atoms with van der Waals surface area (Å²) in [5, 5.41) is 12.1. The fourth-order valence-corrected chi connectivity index (χ4v) is 3.19. The van der Waals surface area contributed by atoms with Crippen LogP contribution in [0, 0.1) is 11.6 Å². The summed E-state index contributed by atoms with van der Waals surface area (Å²) in [6, 6.07) is 2.59. The summed E-state index contributed by atoms with van der Waals surface area (Å²) in [6.07, 6.45) is 5.04. The molecule has 0 unspecified atom stereocenters. The number of ether oxygens (including phenoxy) is 1. The maximum Gasteiger partial charge on any atom is 0.220 e. The average Bonchev–Trinajstić information content (AvgIpc) is 3.26. The molecule has 1 N–H and O–H groups in total. The minimum absolute atomic E-state index is 0.0274. The van der Waals surface area contributed by atoms with Gasteiger partial charge < -0.3 is 4.74 Å². The summed E-state index contributed by atoms with van der Waals surface area (Å²) in [6.45, 7) is 1.18. The van der Waals surface area contributed by atoms with Crippen molar-refractivity contribution in [2.24, 2.45) is 0 Å². The molecule has 130 valence electrons. The first-order valence-corrected chi connectivity index (χ1v) is 8.06. The number of hydrogen-bond acceptors (Lipinski definition) is 5. The SMILES string of the molecule is Fc1cnc(-c2nn3c(c2-c2ccnc4[nH]ncc24)OCCC3)c(F)c1. The fraction of sp³-hybridized carbons (Fsp3) is 0.176. The zero-order valence-corrected chi connectivity index (χ0v) is 13.4. The second-order valence-electron chi connectivity index (χ2n) is 5.93. The van der Waals surface area contributed by atoms with Gasteiger partial charge in [0.25, 0.3) is 0 Å². The maximum absolute atomic E-state index is 14.4. The van der Waals surface area contributed by atoms with Crippen LogP contribution < -0.4 is 4.74 Å². The van der Waals surface area contributed by atoms with Crippen molar-refractivity contribution >= 4 is 11.0 Å². The van der Waals surface area contributed by atoms with Gasteiger partial charge in [-0.3, -0.25) is 5.10 Å². The van der Waals surface area contributed by atoms with Crippen LogP contribution >= 0.6 is 0 Å². The highest BCUT2D eigenvalue weighted by Gasteiger charge is 2.28. The van der Waals surface area contributed by atoms with Crippen molar-refractivity contribution in [1.29, 1.82) is 0 Å². The molecule has 0 saturated carbocycles. The van der Waals surface area contributed by atoms with E-state index in [9.17, 15) is 8.78 Å². The van der Waals surface area contributed by atoms with E-state index >= 15 is 0 Å². The quantitative estimate of drug-likeness (QED) is 0.599. The zero-order valence-electron chi connectivity index (χ0n) is 13.4. The molecule has 0 amide bonds. The minimum atomic E-state index is -0.779. The van der Waals surface area contributed by atoms with Gasteiger partial charge in [0.05, 0.1) is 24.6 Å². The predicted molar refractivity (Wildman–Crippen MR) is 88.4 cm³/mol. The van der Waals surface area contributed by atoms with Crippen LogP contribution in [-0.4, -0.2) is 36.6 Å². The van der Waals surface area contributed by atoms with Gasteiger partial charge in [-0.25, -0.2) is 23.4 Å². The van der Waals surface area contributed by atoms with Crippen molar-refractivity contribution < 1.29 is 13.5 Å². The van der Waals surface area contributed by atoms with Crippen molar-refractivity contribution in [2.75, 3.05) is 6.61 Å². The molecule has 0 saturated heterocycles. The lowest BCUT2D eigenvalue weighted by Crippen LogP contribution is -2.14. The van der Waals surface area contributed by atoms with Gasteiger partial charge in [0.1, 0.15) is 17.2 Å². The molecule has 7 nitrogen and oxygen atoms in total. The van der Waals surface area contributed by atoms with Gasteiger partial charge in [-0.1, -0.05) is 0 Å². The van der Waals surface area contributed by atoms with E-state index in [2.05, 4.69) is 25.3 Å². The van der Waals surface area contributed by atoms with E-state index in [0.29, 0.717) is 35.9 Å². The van der Waals surface area contributed by atoms with Gasteiger partial charge >= 0.3 is 0 Å². The van der Waals surface area contributed by atoms with Crippen molar-refractivity contribution in [1.82, 2.24) is 29.9 Å². The molecule has 0 fully saturated rings. The van der Waals surface area contributed by atoms with Crippen LogP contribution in [0.2, 0.25) is 0 Å². The molecule has 26 heavy (non-hydrogen) atoms. The van der Waals surface area contributed by atoms with Crippen LogP contribution in [0.4, 0.5) is 8.78 Å². The number of aromatic amines is 1. The number of fused-ring (bicyclic) bond motifs is 2. The zero-order chi connectivity index (χ0) is 17.7. The second-order valence-corrected chi connectivity index (χ2v) is 5.93. The predicted octanol–water partition coefficient (Wildman–Crippen LogP) is 2.94. The Labute approximate surface area is 145 Å².